The molecule has 2 nitrogen and oxygen atoms in total. The Kier molecular flexibility index (Phi) is 6.39. The predicted molar refractivity (Wildman–Crippen MR) is 204 cm³/mol. The molecular formula is C47H35NO. The summed E-state index contributed by atoms with van der Waals surface area (Å²) in [6.45, 7) is 0. The van der Waals surface area contributed by atoms with Crippen LogP contribution < -0.4 is 4.90 Å². The van der Waals surface area contributed by atoms with Crippen LogP contribution in [0.1, 0.15) is 47.1 Å². The predicted octanol–water partition coefficient (Wildman–Crippen LogP) is 12.6. The minimum Gasteiger partial charge on any atom is -0.455 e. The average molecular weight is 630 g/mol. The van der Waals surface area contributed by atoms with Crippen molar-refractivity contribution in [2.24, 2.45) is 0 Å². The van der Waals surface area contributed by atoms with Crippen LogP contribution in [0.5, 0.6) is 0 Å². The van der Waals surface area contributed by atoms with Gasteiger partial charge < -0.3 is 9.32 Å². The van der Waals surface area contributed by atoms with Gasteiger partial charge in [-0.25, -0.2) is 0 Å². The van der Waals surface area contributed by atoms with E-state index in [0.29, 0.717) is 0 Å². The molecule has 1 unspecified atom stereocenters. The fourth-order valence-corrected chi connectivity index (χ4v) is 8.83. The lowest BCUT2D eigenvalue weighted by Gasteiger charge is -2.37. The molecule has 0 N–H and O–H groups in total. The molecule has 0 saturated heterocycles. The van der Waals surface area contributed by atoms with Crippen molar-refractivity contribution < 1.29 is 4.42 Å². The van der Waals surface area contributed by atoms with Gasteiger partial charge in [-0.1, -0.05) is 133 Å². The standard InChI is InChI=1S/C47H35NO/c1-4-17-33(18-5-1)47(34-19-6-2-7-20-34)41-30-29-39-38-24-12-13-26-44(38)49-46(39)45(41)40-28-27-36(31-42(40)47)48(35-21-8-3-9-22-35)43-25-14-16-32-15-10-11-23-37(32)43/h1-6,8-10,12-19,21-22,24-31H,7,11,20,23H2. The van der Waals surface area contributed by atoms with E-state index in [9.17, 15) is 0 Å². The highest BCUT2D eigenvalue weighted by Crippen LogP contribution is 2.60. The first-order chi connectivity index (χ1) is 24.3. The van der Waals surface area contributed by atoms with Crippen LogP contribution >= 0.6 is 0 Å². The number of allylic oxidation sites excluding steroid dienone is 5. The fraction of sp³-hybridized carbons (Fsp3) is 0.106. The smallest absolute Gasteiger partial charge is 0.143 e. The molecule has 0 saturated carbocycles. The van der Waals surface area contributed by atoms with Gasteiger partial charge in [0.1, 0.15) is 11.2 Å². The summed E-state index contributed by atoms with van der Waals surface area (Å²) in [5, 5.41) is 2.33. The molecule has 1 aromatic heterocycles. The maximum absolute atomic E-state index is 6.80. The molecule has 10 rings (SSSR count). The topological polar surface area (TPSA) is 16.4 Å². The number of benzene rings is 6. The van der Waals surface area contributed by atoms with Crippen molar-refractivity contribution in [1.29, 1.82) is 0 Å². The van der Waals surface area contributed by atoms with E-state index in [2.05, 4.69) is 169 Å². The summed E-state index contributed by atoms with van der Waals surface area (Å²) in [6.07, 6.45) is 15.6. The van der Waals surface area contributed by atoms with Crippen LogP contribution in [-0.4, -0.2) is 0 Å². The van der Waals surface area contributed by atoms with Gasteiger partial charge in [-0.05, 0) is 95.5 Å². The lowest BCUT2D eigenvalue weighted by atomic mass is 9.65. The average Bonchev–Trinajstić information content (AvgIpc) is 3.70. The van der Waals surface area contributed by atoms with E-state index in [4.69, 9.17) is 4.42 Å². The van der Waals surface area contributed by atoms with Gasteiger partial charge in [0.05, 0.1) is 5.41 Å². The Morgan fingerprint density at radius 2 is 1.43 bits per heavy atom. The SMILES string of the molecule is C1=CCCC(C2(c3ccccc3)c3cc(N(c4ccccc4)c4cccc5c4CCC=C5)ccc3-c3c2ccc2c3oc3ccccc32)=C1. The van der Waals surface area contributed by atoms with Crippen LogP contribution in [0.4, 0.5) is 17.1 Å². The molecule has 0 spiro atoms. The van der Waals surface area contributed by atoms with Crippen molar-refractivity contribution in [2.45, 2.75) is 31.1 Å². The zero-order chi connectivity index (χ0) is 32.4. The lowest BCUT2D eigenvalue weighted by Crippen LogP contribution is -2.30. The molecule has 2 heteroatoms. The van der Waals surface area contributed by atoms with Gasteiger partial charge in [0.25, 0.3) is 0 Å². The minimum absolute atomic E-state index is 0.471. The summed E-state index contributed by atoms with van der Waals surface area (Å²) in [4.78, 5) is 2.48. The van der Waals surface area contributed by atoms with Gasteiger partial charge in [-0.2, -0.15) is 0 Å². The Bertz CT molecular complexity index is 2500. The summed E-state index contributed by atoms with van der Waals surface area (Å²) >= 11 is 0. The van der Waals surface area contributed by atoms with Crippen LogP contribution in [0, 0.1) is 0 Å². The van der Waals surface area contributed by atoms with Crippen molar-refractivity contribution in [3.05, 3.63) is 191 Å². The van der Waals surface area contributed by atoms with Crippen molar-refractivity contribution in [1.82, 2.24) is 0 Å². The summed E-state index contributed by atoms with van der Waals surface area (Å²) in [6, 6.07) is 49.1. The molecule has 6 aromatic carbocycles. The van der Waals surface area contributed by atoms with E-state index in [0.717, 1.165) is 53.6 Å². The van der Waals surface area contributed by atoms with Crippen LogP contribution in [0.15, 0.2) is 168 Å². The van der Waals surface area contributed by atoms with Crippen molar-refractivity contribution in [3.63, 3.8) is 0 Å². The van der Waals surface area contributed by atoms with Gasteiger partial charge in [0.15, 0.2) is 0 Å². The molecular weight excluding hydrogens is 595 g/mol. The maximum atomic E-state index is 6.80. The second kappa shape index (κ2) is 11.1. The van der Waals surface area contributed by atoms with Crippen molar-refractivity contribution in [3.8, 4) is 11.1 Å². The highest BCUT2D eigenvalue weighted by Gasteiger charge is 2.48. The molecule has 0 amide bonds. The van der Waals surface area contributed by atoms with Gasteiger partial charge in [-0.3, -0.25) is 0 Å². The first-order valence-electron chi connectivity index (χ1n) is 17.5. The maximum Gasteiger partial charge on any atom is 0.143 e. The Morgan fingerprint density at radius 3 is 2.29 bits per heavy atom. The van der Waals surface area contributed by atoms with Gasteiger partial charge in [-0.15, -0.1) is 0 Å². The molecule has 0 aliphatic heterocycles. The van der Waals surface area contributed by atoms with Gasteiger partial charge >= 0.3 is 0 Å². The Morgan fingerprint density at radius 1 is 0.612 bits per heavy atom. The second-order valence-corrected chi connectivity index (χ2v) is 13.4. The first-order valence-corrected chi connectivity index (χ1v) is 17.5. The van der Waals surface area contributed by atoms with E-state index < -0.39 is 5.41 Å². The highest BCUT2D eigenvalue weighted by atomic mass is 16.3. The third kappa shape index (κ3) is 4.14. The number of fused-ring (bicyclic) bond motifs is 8. The highest BCUT2D eigenvalue weighted by molar-refractivity contribution is 6.12. The molecule has 3 aliphatic rings. The Labute approximate surface area is 287 Å². The summed E-state index contributed by atoms with van der Waals surface area (Å²) in [5.74, 6) is 0. The number of rotatable bonds is 5. The number of furan rings is 1. The van der Waals surface area contributed by atoms with E-state index >= 15 is 0 Å². The molecule has 3 aliphatic carbocycles. The number of nitrogens with zero attached hydrogens (tertiary/aromatic N) is 1. The van der Waals surface area contributed by atoms with E-state index in [-0.39, 0.29) is 0 Å². The van der Waals surface area contributed by atoms with Gasteiger partial charge in [0.2, 0.25) is 0 Å². The molecule has 0 fully saturated rings. The minimum atomic E-state index is -0.471. The Balaban J connectivity index is 1.31. The zero-order valence-corrected chi connectivity index (χ0v) is 27.3. The van der Waals surface area contributed by atoms with E-state index in [1.54, 1.807) is 0 Å². The second-order valence-electron chi connectivity index (χ2n) is 13.4. The molecule has 234 valence electrons. The molecule has 0 radical (unpaired) electrons. The normalized spacial score (nSPS) is 17.5. The first kappa shape index (κ1) is 28.2. The molecule has 1 atom stereocenters. The number of hydrogen-bond donors (Lipinski definition) is 0. The number of para-hydroxylation sites is 2. The molecule has 1 heterocycles. The summed E-state index contributed by atoms with van der Waals surface area (Å²) in [5.41, 5.74) is 15.5. The van der Waals surface area contributed by atoms with Crippen molar-refractivity contribution in [2.75, 3.05) is 4.90 Å². The van der Waals surface area contributed by atoms with Gasteiger partial charge in [0, 0.05) is 33.4 Å². The van der Waals surface area contributed by atoms with E-state index in [1.165, 1.54) is 55.6 Å². The summed E-state index contributed by atoms with van der Waals surface area (Å²) < 4.78 is 6.80. The summed E-state index contributed by atoms with van der Waals surface area (Å²) in [7, 11) is 0. The molecule has 7 aromatic rings. The largest absolute Gasteiger partial charge is 0.455 e. The van der Waals surface area contributed by atoms with Crippen LogP contribution in [0.25, 0.3) is 39.1 Å². The number of hydrogen-bond acceptors (Lipinski definition) is 2. The van der Waals surface area contributed by atoms with E-state index in [1.807, 2.05) is 0 Å². The quantitative estimate of drug-likeness (QED) is 0.188. The lowest BCUT2D eigenvalue weighted by molar-refractivity contribution is 0.666. The monoisotopic (exact) mass is 629 g/mol. The van der Waals surface area contributed by atoms with Crippen LogP contribution in [-0.2, 0) is 11.8 Å². The third-order valence-electron chi connectivity index (χ3n) is 10.9. The molecule has 49 heavy (non-hydrogen) atoms. The molecule has 0 bridgehead atoms. The third-order valence-corrected chi connectivity index (χ3v) is 10.9. The zero-order valence-electron chi connectivity index (χ0n) is 27.3. The van der Waals surface area contributed by atoms with Crippen LogP contribution in [0.3, 0.4) is 0 Å². The van der Waals surface area contributed by atoms with Crippen LogP contribution in [0.2, 0.25) is 0 Å². The number of anilines is 3. The Hall–Kier alpha value is -5.86. The van der Waals surface area contributed by atoms with Crippen molar-refractivity contribution >= 4 is 45.1 Å². The fourth-order valence-electron chi connectivity index (χ4n) is 8.83.